The Kier molecular flexibility index (Phi) is 9.02. The van der Waals surface area contributed by atoms with E-state index in [0.717, 1.165) is 38.1 Å². The van der Waals surface area contributed by atoms with E-state index in [0.29, 0.717) is 6.04 Å². The molecular formula is C18H33IN6. The fourth-order valence-electron chi connectivity index (χ4n) is 3.88. The molecule has 1 unspecified atom stereocenters. The largest absolute Gasteiger partial charge is 0.357 e. The first-order chi connectivity index (χ1) is 11.8. The molecule has 0 radical (unpaired) electrons. The van der Waals surface area contributed by atoms with Gasteiger partial charge in [-0.25, -0.2) is 0 Å². The Morgan fingerprint density at radius 2 is 2.12 bits per heavy atom. The van der Waals surface area contributed by atoms with Gasteiger partial charge in [0.1, 0.15) is 0 Å². The Bertz CT molecular complexity index is 498. The van der Waals surface area contributed by atoms with Crippen LogP contribution < -0.4 is 10.6 Å². The number of nitrogens with one attached hydrogen (secondary N) is 2. The summed E-state index contributed by atoms with van der Waals surface area (Å²) >= 11 is 0. The van der Waals surface area contributed by atoms with Crippen molar-refractivity contribution in [3.8, 4) is 0 Å². The van der Waals surface area contributed by atoms with Crippen molar-refractivity contribution in [2.75, 3.05) is 26.2 Å². The summed E-state index contributed by atoms with van der Waals surface area (Å²) in [6.07, 6.45) is 11.7. The third kappa shape index (κ3) is 6.44. The normalized spacial score (nSPS) is 22.1. The summed E-state index contributed by atoms with van der Waals surface area (Å²) in [7, 11) is 0. The SMILES string of the molecule is CCNC(=NCCCn1cccn1)NC1CCN(C2CCCC2)C1.I. The van der Waals surface area contributed by atoms with Crippen LogP contribution in [-0.4, -0.2) is 58.9 Å². The fourth-order valence-corrected chi connectivity index (χ4v) is 3.88. The highest BCUT2D eigenvalue weighted by atomic mass is 127. The van der Waals surface area contributed by atoms with Gasteiger partial charge >= 0.3 is 0 Å². The molecule has 2 heterocycles. The summed E-state index contributed by atoms with van der Waals surface area (Å²) in [5, 5.41) is 11.3. The van der Waals surface area contributed by atoms with E-state index in [4.69, 9.17) is 4.99 Å². The lowest BCUT2D eigenvalue weighted by Gasteiger charge is -2.24. The minimum Gasteiger partial charge on any atom is -0.357 e. The number of halogens is 1. The predicted octanol–water partition coefficient (Wildman–Crippen LogP) is 2.46. The highest BCUT2D eigenvalue weighted by Gasteiger charge is 2.30. The summed E-state index contributed by atoms with van der Waals surface area (Å²) in [5.74, 6) is 0.969. The fraction of sp³-hybridized carbons (Fsp3) is 0.778. The van der Waals surface area contributed by atoms with Crippen LogP contribution in [0.15, 0.2) is 23.5 Å². The molecule has 0 aromatic carbocycles. The molecule has 0 spiro atoms. The number of nitrogens with zero attached hydrogens (tertiary/aromatic N) is 4. The summed E-state index contributed by atoms with van der Waals surface area (Å²) in [6.45, 7) is 7.19. The Balaban J connectivity index is 0.00000225. The second-order valence-corrected chi connectivity index (χ2v) is 6.95. The van der Waals surface area contributed by atoms with Crippen LogP contribution in [0, 0.1) is 0 Å². The number of hydrogen-bond donors (Lipinski definition) is 2. The van der Waals surface area contributed by atoms with E-state index >= 15 is 0 Å². The quantitative estimate of drug-likeness (QED) is 0.284. The van der Waals surface area contributed by atoms with Crippen LogP contribution in [0.1, 0.15) is 45.4 Å². The first-order valence-corrected chi connectivity index (χ1v) is 9.61. The van der Waals surface area contributed by atoms with Gasteiger partial charge in [-0.05, 0) is 38.7 Å². The maximum Gasteiger partial charge on any atom is 0.191 e. The number of aliphatic imine (C=N–C) groups is 1. The number of aromatic nitrogens is 2. The lowest BCUT2D eigenvalue weighted by Crippen LogP contribution is -2.45. The molecule has 1 saturated heterocycles. The zero-order valence-corrected chi connectivity index (χ0v) is 17.7. The van der Waals surface area contributed by atoms with Crippen LogP contribution >= 0.6 is 24.0 Å². The van der Waals surface area contributed by atoms with Crippen LogP contribution in [0.25, 0.3) is 0 Å². The van der Waals surface area contributed by atoms with Gasteiger partial charge < -0.3 is 10.6 Å². The summed E-state index contributed by atoms with van der Waals surface area (Å²) in [4.78, 5) is 7.42. The minimum absolute atomic E-state index is 0. The van der Waals surface area contributed by atoms with Gasteiger partial charge in [-0.1, -0.05) is 12.8 Å². The van der Waals surface area contributed by atoms with Gasteiger partial charge in [0.2, 0.25) is 0 Å². The van der Waals surface area contributed by atoms with E-state index in [9.17, 15) is 0 Å². The third-order valence-electron chi connectivity index (χ3n) is 5.12. The van der Waals surface area contributed by atoms with E-state index in [1.54, 1.807) is 0 Å². The van der Waals surface area contributed by atoms with E-state index in [-0.39, 0.29) is 24.0 Å². The number of likely N-dealkylation sites (tertiary alicyclic amines) is 1. The molecule has 0 bridgehead atoms. The first-order valence-electron chi connectivity index (χ1n) is 9.61. The van der Waals surface area contributed by atoms with Crippen molar-refractivity contribution in [3.05, 3.63) is 18.5 Å². The maximum absolute atomic E-state index is 4.73. The van der Waals surface area contributed by atoms with Crippen molar-refractivity contribution in [3.63, 3.8) is 0 Å². The van der Waals surface area contributed by atoms with Crippen molar-refractivity contribution < 1.29 is 0 Å². The van der Waals surface area contributed by atoms with Crippen LogP contribution in [0.3, 0.4) is 0 Å². The van der Waals surface area contributed by atoms with Gasteiger partial charge in [0.05, 0.1) is 0 Å². The molecule has 2 aliphatic rings. The summed E-state index contributed by atoms with van der Waals surface area (Å²) in [5.41, 5.74) is 0. The van der Waals surface area contributed by atoms with Gasteiger partial charge in [0.25, 0.3) is 0 Å². The third-order valence-corrected chi connectivity index (χ3v) is 5.12. The van der Waals surface area contributed by atoms with Crippen LogP contribution in [0.4, 0.5) is 0 Å². The van der Waals surface area contributed by atoms with Gasteiger partial charge in [0.15, 0.2) is 5.96 Å². The predicted molar refractivity (Wildman–Crippen MR) is 114 cm³/mol. The lowest BCUT2D eigenvalue weighted by atomic mass is 10.2. The molecule has 7 heteroatoms. The Morgan fingerprint density at radius 1 is 1.28 bits per heavy atom. The molecule has 3 rings (SSSR count). The summed E-state index contributed by atoms with van der Waals surface area (Å²) < 4.78 is 1.96. The number of aryl methyl sites for hydroxylation is 1. The van der Waals surface area contributed by atoms with Gasteiger partial charge in [-0.15, -0.1) is 24.0 Å². The van der Waals surface area contributed by atoms with Crippen molar-refractivity contribution in [2.24, 2.45) is 4.99 Å². The van der Waals surface area contributed by atoms with Gasteiger partial charge in [-0.2, -0.15) is 5.10 Å². The molecule has 1 saturated carbocycles. The zero-order chi connectivity index (χ0) is 16.6. The highest BCUT2D eigenvalue weighted by Crippen LogP contribution is 2.26. The molecule has 6 nitrogen and oxygen atoms in total. The second kappa shape index (κ2) is 11.0. The standard InChI is InChI=1S/C18H32N6.HI/c1-2-19-18(20-10-5-12-24-13-6-11-21-24)22-16-9-14-23(15-16)17-7-3-4-8-17;/h6,11,13,16-17H,2-5,7-10,12,14-15H2,1H3,(H2,19,20,22);1H. The van der Waals surface area contributed by atoms with E-state index in [1.807, 2.05) is 23.1 Å². The minimum atomic E-state index is 0. The van der Waals surface area contributed by atoms with Crippen molar-refractivity contribution in [1.82, 2.24) is 25.3 Å². The monoisotopic (exact) mass is 460 g/mol. The number of guanidine groups is 1. The summed E-state index contributed by atoms with van der Waals surface area (Å²) in [6, 6.07) is 3.34. The molecule has 1 aliphatic heterocycles. The molecule has 1 aromatic rings. The average molecular weight is 460 g/mol. The Morgan fingerprint density at radius 3 is 2.84 bits per heavy atom. The smallest absolute Gasteiger partial charge is 0.191 e. The van der Waals surface area contributed by atoms with Crippen LogP contribution in [0.5, 0.6) is 0 Å². The molecule has 1 atom stereocenters. The zero-order valence-electron chi connectivity index (χ0n) is 15.4. The highest BCUT2D eigenvalue weighted by molar-refractivity contribution is 14.0. The average Bonchev–Trinajstić information content (AvgIpc) is 3.32. The van der Waals surface area contributed by atoms with E-state index < -0.39 is 0 Å². The van der Waals surface area contributed by atoms with E-state index in [2.05, 4.69) is 27.6 Å². The number of hydrogen-bond acceptors (Lipinski definition) is 3. The molecular weight excluding hydrogens is 427 g/mol. The number of rotatable bonds is 7. The molecule has 2 N–H and O–H groups in total. The van der Waals surface area contributed by atoms with Crippen molar-refractivity contribution >= 4 is 29.9 Å². The van der Waals surface area contributed by atoms with Crippen molar-refractivity contribution in [1.29, 1.82) is 0 Å². The molecule has 1 aliphatic carbocycles. The van der Waals surface area contributed by atoms with Crippen LogP contribution in [-0.2, 0) is 6.54 Å². The molecule has 2 fully saturated rings. The van der Waals surface area contributed by atoms with Crippen LogP contribution in [0.2, 0.25) is 0 Å². The van der Waals surface area contributed by atoms with E-state index in [1.165, 1.54) is 45.2 Å². The van der Waals surface area contributed by atoms with Gasteiger partial charge in [0, 0.05) is 57.2 Å². The van der Waals surface area contributed by atoms with Gasteiger partial charge in [-0.3, -0.25) is 14.6 Å². The lowest BCUT2D eigenvalue weighted by molar-refractivity contribution is 0.242. The maximum atomic E-state index is 4.73. The molecule has 1 aromatic heterocycles. The topological polar surface area (TPSA) is 57.5 Å². The first kappa shape index (κ1) is 20.5. The van der Waals surface area contributed by atoms with Crippen molar-refractivity contribution in [2.45, 2.75) is 64.1 Å². The second-order valence-electron chi connectivity index (χ2n) is 6.95. The molecule has 0 amide bonds. The molecule has 25 heavy (non-hydrogen) atoms. The Labute approximate surface area is 168 Å². The Hall–Kier alpha value is -0.830. The molecule has 142 valence electrons.